The van der Waals surface area contributed by atoms with Crippen LogP contribution in [0.3, 0.4) is 0 Å². The summed E-state index contributed by atoms with van der Waals surface area (Å²) in [6.07, 6.45) is 3.23. The van der Waals surface area contributed by atoms with Gasteiger partial charge in [0.2, 0.25) is 0 Å². The lowest BCUT2D eigenvalue weighted by Gasteiger charge is -2.10. The van der Waals surface area contributed by atoms with E-state index in [-0.39, 0.29) is 6.61 Å². The number of hydrogen-bond acceptors (Lipinski definition) is 5. The molecule has 0 aliphatic carbocycles. The maximum absolute atomic E-state index is 12.2. The third kappa shape index (κ3) is 5.85. The van der Waals surface area contributed by atoms with Crippen LogP contribution in [0, 0.1) is 5.92 Å². The van der Waals surface area contributed by atoms with E-state index in [0.29, 0.717) is 17.9 Å². The molecular formula is C18H24O5. The van der Waals surface area contributed by atoms with Gasteiger partial charge in [-0.3, -0.25) is 9.59 Å². The first-order chi connectivity index (χ1) is 11.0. The smallest absolute Gasteiger partial charge is 0.375 e. The molecule has 1 rings (SSSR count). The summed E-state index contributed by atoms with van der Waals surface area (Å²) in [7, 11) is 0. The van der Waals surface area contributed by atoms with Crippen LogP contribution in [0.5, 0.6) is 5.75 Å². The lowest BCUT2D eigenvalue weighted by atomic mass is 9.95. The first-order valence-corrected chi connectivity index (χ1v) is 7.99. The van der Waals surface area contributed by atoms with Gasteiger partial charge in [0, 0.05) is 5.56 Å². The highest BCUT2D eigenvalue weighted by Gasteiger charge is 2.29. The highest BCUT2D eigenvalue weighted by Crippen LogP contribution is 2.16. The number of rotatable bonds is 10. The molecule has 0 bridgehead atoms. The molecule has 0 aliphatic heterocycles. The predicted octanol–water partition coefficient (Wildman–Crippen LogP) is 3.21. The Hall–Kier alpha value is -2.17. The lowest BCUT2D eigenvalue weighted by Crippen LogP contribution is -2.29. The molecule has 0 aromatic heterocycles. The number of hydrogen-bond donors (Lipinski definition) is 0. The Labute approximate surface area is 137 Å². The molecule has 126 valence electrons. The van der Waals surface area contributed by atoms with E-state index in [1.165, 1.54) is 6.92 Å². The molecule has 1 atom stereocenters. The largest absolute Gasteiger partial charge is 0.494 e. The van der Waals surface area contributed by atoms with Crippen LogP contribution in [0.1, 0.15) is 50.4 Å². The first-order valence-electron chi connectivity index (χ1n) is 7.99. The summed E-state index contributed by atoms with van der Waals surface area (Å²) in [4.78, 5) is 35.4. The SMILES string of the molecule is CCCCCOc1ccc(C(=O)C(C)C(=O)C(=O)OCC)cc1. The fourth-order valence-electron chi connectivity index (χ4n) is 2.01. The molecule has 0 fully saturated rings. The first kappa shape index (κ1) is 18.9. The molecule has 0 N–H and O–H groups in total. The summed E-state index contributed by atoms with van der Waals surface area (Å²) in [5.41, 5.74) is 0.371. The van der Waals surface area contributed by atoms with Crippen molar-refractivity contribution >= 4 is 17.5 Å². The summed E-state index contributed by atoms with van der Waals surface area (Å²) in [5.74, 6) is -2.56. The van der Waals surface area contributed by atoms with E-state index in [4.69, 9.17) is 4.74 Å². The number of ketones is 2. The summed E-state index contributed by atoms with van der Waals surface area (Å²) in [5, 5.41) is 0. The molecule has 23 heavy (non-hydrogen) atoms. The van der Waals surface area contributed by atoms with Crippen LogP contribution in [0.2, 0.25) is 0 Å². The van der Waals surface area contributed by atoms with Crippen molar-refractivity contribution in [3.8, 4) is 5.75 Å². The van der Waals surface area contributed by atoms with Crippen molar-refractivity contribution in [2.24, 2.45) is 5.92 Å². The quantitative estimate of drug-likeness (QED) is 0.218. The topological polar surface area (TPSA) is 69.7 Å². The van der Waals surface area contributed by atoms with E-state index < -0.39 is 23.5 Å². The third-order valence-corrected chi connectivity index (χ3v) is 3.42. The zero-order valence-electron chi connectivity index (χ0n) is 14.0. The van der Waals surface area contributed by atoms with Gasteiger partial charge >= 0.3 is 5.97 Å². The van der Waals surface area contributed by atoms with E-state index in [1.807, 2.05) is 0 Å². The second kappa shape index (κ2) is 9.77. The molecule has 1 unspecified atom stereocenters. The van der Waals surface area contributed by atoms with Crippen LogP contribution < -0.4 is 4.74 Å². The van der Waals surface area contributed by atoms with Crippen molar-refractivity contribution in [2.45, 2.75) is 40.0 Å². The Bertz CT molecular complexity index is 533. The number of ether oxygens (including phenoxy) is 2. The average Bonchev–Trinajstić information content (AvgIpc) is 2.57. The third-order valence-electron chi connectivity index (χ3n) is 3.42. The Morgan fingerprint density at radius 3 is 2.26 bits per heavy atom. The van der Waals surface area contributed by atoms with Crippen LogP contribution in [0.15, 0.2) is 24.3 Å². The van der Waals surface area contributed by atoms with Gasteiger partial charge in [-0.2, -0.15) is 0 Å². The summed E-state index contributed by atoms with van der Waals surface area (Å²) < 4.78 is 10.2. The highest BCUT2D eigenvalue weighted by molar-refractivity contribution is 6.39. The van der Waals surface area contributed by atoms with E-state index >= 15 is 0 Å². The van der Waals surface area contributed by atoms with Crippen molar-refractivity contribution in [3.05, 3.63) is 29.8 Å². The van der Waals surface area contributed by atoms with Crippen molar-refractivity contribution in [1.29, 1.82) is 0 Å². The van der Waals surface area contributed by atoms with Crippen LogP contribution >= 0.6 is 0 Å². The Balaban J connectivity index is 2.62. The zero-order chi connectivity index (χ0) is 17.2. The molecule has 0 heterocycles. The molecule has 5 nitrogen and oxygen atoms in total. The zero-order valence-corrected chi connectivity index (χ0v) is 14.0. The summed E-state index contributed by atoms with van der Waals surface area (Å²) in [6.45, 7) is 5.89. The molecule has 0 amide bonds. The normalized spacial score (nSPS) is 11.6. The number of esters is 1. The fraction of sp³-hybridized carbons (Fsp3) is 0.500. The number of benzene rings is 1. The number of Topliss-reactive ketones (excluding diaryl/α,β-unsaturated/α-hetero) is 2. The van der Waals surface area contributed by atoms with Gasteiger partial charge in [-0.1, -0.05) is 19.8 Å². The monoisotopic (exact) mass is 320 g/mol. The van der Waals surface area contributed by atoms with Gasteiger partial charge in [0.05, 0.1) is 19.1 Å². The van der Waals surface area contributed by atoms with Gasteiger partial charge in [0.15, 0.2) is 5.78 Å². The van der Waals surface area contributed by atoms with Crippen LogP contribution in [0.4, 0.5) is 0 Å². The maximum atomic E-state index is 12.2. The number of carbonyl (C=O) groups excluding carboxylic acids is 3. The number of carbonyl (C=O) groups is 3. The van der Waals surface area contributed by atoms with Crippen molar-refractivity contribution < 1.29 is 23.9 Å². The molecule has 5 heteroatoms. The molecule has 0 radical (unpaired) electrons. The van der Waals surface area contributed by atoms with Crippen LogP contribution in [-0.2, 0) is 14.3 Å². The van der Waals surface area contributed by atoms with E-state index in [9.17, 15) is 14.4 Å². The second-order valence-electron chi connectivity index (χ2n) is 5.25. The molecule has 0 aliphatic rings. The highest BCUT2D eigenvalue weighted by atomic mass is 16.5. The van der Waals surface area contributed by atoms with Crippen molar-refractivity contribution in [1.82, 2.24) is 0 Å². The van der Waals surface area contributed by atoms with Crippen LogP contribution in [-0.4, -0.2) is 30.7 Å². The molecule has 0 saturated heterocycles. The van der Waals surface area contributed by atoms with E-state index in [2.05, 4.69) is 11.7 Å². The molecule has 0 saturated carbocycles. The Morgan fingerprint density at radius 2 is 1.70 bits per heavy atom. The lowest BCUT2D eigenvalue weighted by molar-refractivity contribution is -0.154. The Morgan fingerprint density at radius 1 is 1.04 bits per heavy atom. The standard InChI is InChI=1S/C18H24O5/c1-4-6-7-12-23-15-10-8-14(9-11-15)16(19)13(3)17(20)18(21)22-5-2/h8-11,13H,4-7,12H2,1-3H3. The maximum Gasteiger partial charge on any atom is 0.375 e. The molecular weight excluding hydrogens is 296 g/mol. The molecule has 1 aromatic rings. The van der Waals surface area contributed by atoms with Crippen LogP contribution in [0.25, 0.3) is 0 Å². The van der Waals surface area contributed by atoms with Gasteiger partial charge in [-0.25, -0.2) is 4.79 Å². The van der Waals surface area contributed by atoms with Gasteiger partial charge in [-0.15, -0.1) is 0 Å². The van der Waals surface area contributed by atoms with Crippen molar-refractivity contribution in [3.63, 3.8) is 0 Å². The minimum Gasteiger partial charge on any atom is -0.494 e. The van der Waals surface area contributed by atoms with E-state index in [0.717, 1.165) is 19.3 Å². The van der Waals surface area contributed by atoms with Crippen molar-refractivity contribution in [2.75, 3.05) is 13.2 Å². The minimum atomic E-state index is -1.05. The molecule has 1 aromatic carbocycles. The molecule has 0 spiro atoms. The van der Waals surface area contributed by atoms with Gasteiger partial charge < -0.3 is 9.47 Å². The number of unbranched alkanes of at least 4 members (excludes halogenated alkanes) is 2. The minimum absolute atomic E-state index is 0.107. The fourth-order valence-corrected chi connectivity index (χ4v) is 2.01. The van der Waals surface area contributed by atoms with Gasteiger partial charge in [0.25, 0.3) is 5.78 Å². The second-order valence-corrected chi connectivity index (χ2v) is 5.25. The predicted molar refractivity (Wildman–Crippen MR) is 86.6 cm³/mol. The van der Waals surface area contributed by atoms with E-state index in [1.54, 1.807) is 31.2 Å². The summed E-state index contributed by atoms with van der Waals surface area (Å²) in [6, 6.07) is 6.60. The average molecular weight is 320 g/mol. The Kier molecular flexibility index (Phi) is 8.02. The van der Waals surface area contributed by atoms with Gasteiger partial charge in [-0.05, 0) is 44.5 Å². The van der Waals surface area contributed by atoms with Gasteiger partial charge in [0.1, 0.15) is 5.75 Å². The summed E-state index contributed by atoms with van der Waals surface area (Å²) >= 11 is 0.